The van der Waals surface area contributed by atoms with E-state index in [4.69, 9.17) is 23.2 Å². The fourth-order valence-corrected chi connectivity index (χ4v) is 4.06. The minimum atomic E-state index is -0.197. The van der Waals surface area contributed by atoms with Gasteiger partial charge in [0.15, 0.2) is 0 Å². The molecule has 5 heteroatoms. The number of rotatable bonds is 3. The van der Waals surface area contributed by atoms with E-state index in [1.165, 1.54) is 25.7 Å². The second-order valence-electron chi connectivity index (χ2n) is 5.89. The van der Waals surface area contributed by atoms with Gasteiger partial charge in [-0.05, 0) is 55.2 Å². The quantitative estimate of drug-likeness (QED) is 0.844. The lowest BCUT2D eigenvalue weighted by molar-refractivity contribution is 0.245. The minimum Gasteiger partial charge on any atom is -0.338 e. The molecule has 3 rings (SSSR count). The summed E-state index contributed by atoms with van der Waals surface area (Å²) in [6.45, 7) is 0.762. The van der Waals surface area contributed by atoms with Crippen LogP contribution in [0.5, 0.6) is 0 Å². The summed E-state index contributed by atoms with van der Waals surface area (Å²) in [6, 6.07) is 4.84. The van der Waals surface area contributed by atoms with Crippen molar-refractivity contribution in [3.05, 3.63) is 28.2 Å². The third-order valence-corrected chi connectivity index (χ3v) is 5.14. The van der Waals surface area contributed by atoms with Gasteiger partial charge in [0.25, 0.3) is 0 Å². The summed E-state index contributed by atoms with van der Waals surface area (Å²) in [4.78, 5) is 11.9. The van der Waals surface area contributed by atoms with E-state index in [-0.39, 0.29) is 6.03 Å². The molecule has 1 aromatic rings. The van der Waals surface area contributed by atoms with Gasteiger partial charge in [0, 0.05) is 11.6 Å². The third kappa shape index (κ3) is 3.04. The van der Waals surface area contributed by atoms with Gasteiger partial charge in [-0.15, -0.1) is 0 Å². The molecule has 2 bridgehead atoms. The van der Waals surface area contributed by atoms with Crippen molar-refractivity contribution in [1.29, 1.82) is 0 Å². The van der Waals surface area contributed by atoms with Crippen LogP contribution in [-0.4, -0.2) is 12.6 Å². The third-order valence-electron chi connectivity index (χ3n) is 4.59. The molecule has 3 nitrogen and oxygen atoms in total. The molecule has 3 unspecified atom stereocenters. The fraction of sp³-hybridized carbons (Fsp3) is 0.533. The second kappa shape index (κ2) is 5.82. The zero-order chi connectivity index (χ0) is 14.1. The zero-order valence-electron chi connectivity index (χ0n) is 11.2. The summed E-state index contributed by atoms with van der Waals surface area (Å²) in [5.74, 6) is 2.38. The molecule has 108 valence electrons. The molecule has 2 aliphatic rings. The SMILES string of the molecule is O=C(NCC1CC2CCC1C2)Nc1ccc(Cl)cc1Cl. The topological polar surface area (TPSA) is 41.1 Å². The predicted octanol–water partition coefficient (Wildman–Crippen LogP) is 4.55. The van der Waals surface area contributed by atoms with E-state index in [1.807, 2.05) is 0 Å². The van der Waals surface area contributed by atoms with Crippen LogP contribution in [-0.2, 0) is 0 Å². The van der Waals surface area contributed by atoms with Gasteiger partial charge >= 0.3 is 6.03 Å². The summed E-state index contributed by atoms with van der Waals surface area (Å²) in [7, 11) is 0. The van der Waals surface area contributed by atoms with Crippen LogP contribution in [0.25, 0.3) is 0 Å². The molecule has 0 spiro atoms. The molecular formula is C15H18Cl2N2O. The maximum absolute atomic E-state index is 11.9. The van der Waals surface area contributed by atoms with Crippen LogP contribution in [0.1, 0.15) is 25.7 Å². The van der Waals surface area contributed by atoms with Crippen molar-refractivity contribution in [2.24, 2.45) is 17.8 Å². The number of benzene rings is 1. The van der Waals surface area contributed by atoms with Crippen LogP contribution in [0.4, 0.5) is 10.5 Å². The van der Waals surface area contributed by atoms with Crippen molar-refractivity contribution in [3.8, 4) is 0 Å². The lowest BCUT2D eigenvalue weighted by atomic mass is 9.89. The lowest BCUT2D eigenvalue weighted by Gasteiger charge is -2.22. The molecule has 0 saturated heterocycles. The summed E-state index contributed by atoms with van der Waals surface area (Å²) >= 11 is 11.8. The van der Waals surface area contributed by atoms with Crippen LogP contribution >= 0.6 is 23.2 Å². The van der Waals surface area contributed by atoms with Gasteiger partial charge in [-0.2, -0.15) is 0 Å². The van der Waals surface area contributed by atoms with Gasteiger partial charge in [0.1, 0.15) is 0 Å². The normalized spacial score (nSPS) is 27.6. The van der Waals surface area contributed by atoms with Gasteiger partial charge in [-0.3, -0.25) is 0 Å². The number of urea groups is 1. The monoisotopic (exact) mass is 312 g/mol. The van der Waals surface area contributed by atoms with Crippen molar-refractivity contribution in [3.63, 3.8) is 0 Å². The molecule has 2 aliphatic carbocycles. The maximum atomic E-state index is 11.9. The van der Waals surface area contributed by atoms with Gasteiger partial charge in [0.05, 0.1) is 10.7 Å². The molecule has 0 radical (unpaired) electrons. The van der Waals surface area contributed by atoms with Crippen LogP contribution in [0, 0.1) is 17.8 Å². The van der Waals surface area contributed by atoms with Gasteiger partial charge in [0.2, 0.25) is 0 Å². The highest BCUT2D eigenvalue weighted by Gasteiger charge is 2.39. The lowest BCUT2D eigenvalue weighted by Crippen LogP contribution is -2.34. The first-order valence-electron chi connectivity index (χ1n) is 7.11. The Balaban J connectivity index is 1.50. The largest absolute Gasteiger partial charge is 0.338 e. The Hall–Kier alpha value is -0.930. The first-order valence-corrected chi connectivity index (χ1v) is 7.87. The van der Waals surface area contributed by atoms with Crippen molar-refractivity contribution in [1.82, 2.24) is 5.32 Å². The molecular weight excluding hydrogens is 295 g/mol. The first-order chi connectivity index (χ1) is 9.61. The van der Waals surface area contributed by atoms with E-state index < -0.39 is 0 Å². The molecule has 2 saturated carbocycles. The zero-order valence-corrected chi connectivity index (χ0v) is 12.7. The molecule has 1 aromatic carbocycles. The molecule has 3 atom stereocenters. The predicted molar refractivity (Wildman–Crippen MR) is 82.4 cm³/mol. The number of nitrogens with one attached hydrogen (secondary N) is 2. The van der Waals surface area contributed by atoms with E-state index >= 15 is 0 Å². The Morgan fingerprint density at radius 2 is 2.10 bits per heavy atom. The molecule has 0 aliphatic heterocycles. The van der Waals surface area contributed by atoms with Crippen molar-refractivity contribution in [2.75, 3.05) is 11.9 Å². The summed E-state index contributed by atoms with van der Waals surface area (Å²) < 4.78 is 0. The van der Waals surface area contributed by atoms with E-state index in [0.29, 0.717) is 21.7 Å². The average Bonchev–Trinajstić information content (AvgIpc) is 3.02. The van der Waals surface area contributed by atoms with Crippen molar-refractivity contribution in [2.45, 2.75) is 25.7 Å². The highest BCUT2D eigenvalue weighted by Crippen LogP contribution is 2.47. The average molecular weight is 313 g/mol. The summed E-state index contributed by atoms with van der Waals surface area (Å²) in [6.07, 6.45) is 5.35. The Bertz CT molecular complexity index is 521. The van der Waals surface area contributed by atoms with E-state index in [2.05, 4.69) is 10.6 Å². The number of hydrogen-bond acceptors (Lipinski definition) is 1. The van der Waals surface area contributed by atoms with Gasteiger partial charge in [-0.1, -0.05) is 29.6 Å². The minimum absolute atomic E-state index is 0.197. The molecule has 0 aromatic heterocycles. The van der Waals surface area contributed by atoms with Crippen LogP contribution in [0.2, 0.25) is 10.0 Å². The fourth-order valence-electron chi connectivity index (χ4n) is 3.61. The maximum Gasteiger partial charge on any atom is 0.319 e. The number of carbonyl (C=O) groups excluding carboxylic acids is 1. The van der Waals surface area contributed by atoms with E-state index in [0.717, 1.165) is 18.4 Å². The Morgan fingerprint density at radius 1 is 1.25 bits per heavy atom. The summed E-state index contributed by atoms with van der Waals surface area (Å²) in [5, 5.41) is 6.73. The number of amides is 2. The van der Waals surface area contributed by atoms with Gasteiger partial charge in [-0.25, -0.2) is 4.79 Å². The Labute approximate surface area is 129 Å². The molecule has 2 fully saturated rings. The summed E-state index contributed by atoms with van der Waals surface area (Å²) in [5.41, 5.74) is 0.585. The van der Waals surface area contributed by atoms with Crippen molar-refractivity contribution < 1.29 is 4.79 Å². The highest BCUT2D eigenvalue weighted by molar-refractivity contribution is 6.36. The number of halogens is 2. The molecule has 2 N–H and O–H groups in total. The van der Waals surface area contributed by atoms with E-state index in [9.17, 15) is 4.79 Å². The molecule has 2 amide bonds. The standard InChI is InChI=1S/C15H18Cl2N2O/c16-12-3-4-14(13(17)7-12)19-15(20)18-8-11-6-9-1-2-10(11)5-9/h3-4,7,9-11H,1-2,5-6,8H2,(H2,18,19,20). The first kappa shape index (κ1) is 14.0. The molecule has 0 heterocycles. The Kier molecular flexibility index (Phi) is 4.08. The van der Waals surface area contributed by atoms with Crippen molar-refractivity contribution >= 4 is 34.9 Å². The van der Waals surface area contributed by atoms with Crippen LogP contribution in [0.3, 0.4) is 0 Å². The number of carbonyl (C=O) groups is 1. The van der Waals surface area contributed by atoms with Crippen LogP contribution in [0.15, 0.2) is 18.2 Å². The van der Waals surface area contributed by atoms with E-state index in [1.54, 1.807) is 18.2 Å². The number of hydrogen-bond donors (Lipinski definition) is 2. The van der Waals surface area contributed by atoms with Crippen LogP contribution < -0.4 is 10.6 Å². The van der Waals surface area contributed by atoms with Gasteiger partial charge < -0.3 is 10.6 Å². The molecule has 20 heavy (non-hydrogen) atoms. The second-order valence-corrected chi connectivity index (χ2v) is 6.74. The number of fused-ring (bicyclic) bond motifs is 2. The highest BCUT2D eigenvalue weighted by atomic mass is 35.5. The smallest absolute Gasteiger partial charge is 0.319 e. The number of anilines is 1. The Morgan fingerprint density at radius 3 is 2.75 bits per heavy atom.